The second-order valence-corrected chi connectivity index (χ2v) is 6.22. The number of anilines is 1. The minimum Gasteiger partial charge on any atom is -0.350 e. The van der Waals surface area contributed by atoms with Gasteiger partial charge in [0.2, 0.25) is 5.82 Å². The highest BCUT2D eigenvalue weighted by molar-refractivity contribution is 5.57. The molecule has 2 fully saturated rings. The Balaban J connectivity index is 1.60. The molecule has 1 aliphatic carbocycles. The van der Waals surface area contributed by atoms with Crippen molar-refractivity contribution >= 4 is 11.5 Å². The number of nitro groups is 1. The van der Waals surface area contributed by atoms with E-state index in [0.29, 0.717) is 18.4 Å². The molecule has 1 saturated heterocycles. The second kappa shape index (κ2) is 5.60. The van der Waals surface area contributed by atoms with Crippen LogP contribution >= 0.6 is 0 Å². The molecule has 0 spiro atoms. The molecule has 2 aromatic rings. The van der Waals surface area contributed by atoms with Crippen molar-refractivity contribution in [2.45, 2.75) is 37.6 Å². The predicted octanol–water partition coefficient (Wildman–Crippen LogP) is 2.30. The van der Waals surface area contributed by atoms with E-state index in [9.17, 15) is 10.1 Å². The van der Waals surface area contributed by atoms with Crippen molar-refractivity contribution in [3.05, 3.63) is 40.6 Å². The minimum atomic E-state index is -0.362. The van der Waals surface area contributed by atoms with E-state index in [1.165, 1.54) is 18.9 Å². The largest absolute Gasteiger partial charge is 0.350 e. The topological polar surface area (TPSA) is 90.0 Å². The van der Waals surface area contributed by atoms with Crippen molar-refractivity contribution in [3.63, 3.8) is 0 Å². The van der Waals surface area contributed by atoms with Gasteiger partial charge >= 0.3 is 5.69 Å². The molecule has 1 aliphatic heterocycles. The summed E-state index contributed by atoms with van der Waals surface area (Å²) in [5.41, 5.74) is 0.0665. The number of nitrogens with zero attached hydrogens (tertiary/aromatic N) is 6. The number of hydrogen-bond donors (Lipinski definition) is 0. The fourth-order valence-corrected chi connectivity index (χ4v) is 3.33. The Hall–Kier alpha value is -2.51. The van der Waals surface area contributed by atoms with Gasteiger partial charge in [-0.2, -0.15) is 0 Å². The Bertz CT molecular complexity index is 726. The molecule has 0 amide bonds. The summed E-state index contributed by atoms with van der Waals surface area (Å²) in [6.45, 7) is 1.48. The molecule has 8 nitrogen and oxygen atoms in total. The summed E-state index contributed by atoms with van der Waals surface area (Å²) in [6.07, 6.45) is 7.80. The summed E-state index contributed by atoms with van der Waals surface area (Å²) in [5.74, 6) is 1.71. The first-order valence-corrected chi connectivity index (χ1v) is 7.98. The van der Waals surface area contributed by atoms with E-state index in [-0.39, 0.29) is 16.5 Å². The van der Waals surface area contributed by atoms with Crippen LogP contribution in [-0.2, 0) is 0 Å². The Labute approximate surface area is 133 Å². The average Bonchev–Trinajstić information content (AvgIpc) is 3.31. The normalized spacial score (nSPS) is 21.4. The molecule has 8 heteroatoms. The van der Waals surface area contributed by atoms with E-state index in [0.717, 1.165) is 25.2 Å². The minimum absolute atomic E-state index is 0.0665. The van der Waals surface area contributed by atoms with E-state index in [4.69, 9.17) is 0 Å². The molecule has 1 unspecified atom stereocenters. The smallest absolute Gasteiger partial charge is 0.311 e. The van der Waals surface area contributed by atoms with Gasteiger partial charge in [-0.1, -0.05) is 0 Å². The van der Waals surface area contributed by atoms with Crippen LogP contribution in [0.4, 0.5) is 11.5 Å². The highest BCUT2D eigenvalue weighted by Gasteiger charge is 2.33. The Morgan fingerprint density at radius 2 is 2.17 bits per heavy atom. The van der Waals surface area contributed by atoms with Gasteiger partial charge in [0.25, 0.3) is 0 Å². The van der Waals surface area contributed by atoms with E-state index >= 15 is 0 Å². The van der Waals surface area contributed by atoms with Gasteiger partial charge in [-0.05, 0) is 31.7 Å². The third-order valence-corrected chi connectivity index (χ3v) is 4.59. The predicted molar refractivity (Wildman–Crippen MR) is 83.4 cm³/mol. The van der Waals surface area contributed by atoms with E-state index < -0.39 is 0 Å². The lowest BCUT2D eigenvalue weighted by molar-refractivity contribution is -0.384. The van der Waals surface area contributed by atoms with Gasteiger partial charge in [0.15, 0.2) is 0 Å². The summed E-state index contributed by atoms with van der Waals surface area (Å²) in [5, 5.41) is 19.6. The summed E-state index contributed by atoms with van der Waals surface area (Å²) >= 11 is 0. The van der Waals surface area contributed by atoms with Gasteiger partial charge in [-0.15, -0.1) is 10.2 Å². The van der Waals surface area contributed by atoms with Gasteiger partial charge in [0, 0.05) is 37.3 Å². The maximum atomic E-state index is 11.2. The highest BCUT2D eigenvalue weighted by Crippen LogP contribution is 2.39. The molecular weight excluding hydrogens is 296 g/mol. The highest BCUT2D eigenvalue weighted by atomic mass is 16.6. The van der Waals surface area contributed by atoms with Crippen molar-refractivity contribution in [1.82, 2.24) is 19.7 Å². The quantitative estimate of drug-likeness (QED) is 0.635. The van der Waals surface area contributed by atoms with Crippen molar-refractivity contribution in [2.75, 3.05) is 18.0 Å². The molecule has 2 aliphatic rings. The van der Waals surface area contributed by atoms with Crippen LogP contribution in [0.1, 0.15) is 43.5 Å². The molecule has 23 heavy (non-hydrogen) atoms. The van der Waals surface area contributed by atoms with Crippen LogP contribution in [0.5, 0.6) is 0 Å². The SMILES string of the molecule is O=[N+]([O-])c1cccnc1N1CCCC(c2nncn2C2CC2)C1. The summed E-state index contributed by atoms with van der Waals surface area (Å²) in [4.78, 5) is 17.1. The van der Waals surface area contributed by atoms with E-state index in [1.54, 1.807) is 12.3 Å². The number of pyridine rings is 1. The Morgan fingerprint density at radius 3 is 2.96 bits per heavy atom. The van der Waals surface area contributed by atoms with Crippen molar-refractivity contribution in [1.29, 1.82) is 0 Å². The first kappa shape index (κ1) is 14.1. The van der Waals surface area contributed by atoms with Gasteiger partial charge in [-0.25, -0.2) is 4.98 Å². The van der Waals surface area contributed by atoms with Crippen LogP contribution < -0.4 is 4.90 Å². The van der Waals surface area contributed by atoms with Crippen LogP contribution in [0.15, 0.2) is 24.7 Å². The summed E-state index contributed by atoms with van der Waals surface area (Å²) in [7, 11) is 0. The van der Waals surface area contributed by atoms with Crippen molar-refractivity contribution < 1.29 is 4.92 Å². The zero-order chi connectivity index (χ0) is 15.8. The zero-order valence-electron chi connectivity index (χ0n) is 12.7. The van der Waals surface area contributed by atoms with Gasteiger partial charge in [0.1, 0.15) is 12.2 Å². The third-order valence-electron chi connectivity index (χ3n) is 4.59. The van der Waals surface area contributed by atoms with E-state index in [2.05, 4.69) is 19.7 Å². The molecule has 1 saturated carbocycles. The maximum absolute atomic E-state index is 11.2. The first-order valence-electron chi connectivity index (χ1n) is 7.98. The number of rotatable bonds is 4. The lowest BCUT2D eigenvalue weighted by atomic mass is 9.97. The van der Waals surface area contributed by atoms with Crippen molar-refractivity contribution in [3.8, 4) is 0 Å². The van der Waals surface area contributed by atoms with Crippen molar-refractivity contribution in [2.24, 2.45) is 0 Å². The zero-order valence-corrected chi connectivity index (χ0v) is 12.7. The van der Waals surface area contributed by atoms with Crippen LogP contribution in [0.3, 0.4) is 0 Å². The van der Waals surface area contributed by atoms with Gasteiger partial charge in [0.05, 0.1) is 4.92 Å². The lowest BCUT2D eigenvalue weighted by Crippen LogP contribution is -2.36. The standard InChI is InChI=1S/C15H18N6O2/c22-21(23)13-4-1-7-16-15(13)19-8-2-3-11(9-19)14-18-17-10-20(14)12-5-6-12/h1,4,7,10-12H,2-3,5-6,8-9H2. The molecule has 1 atom stereocenters. The summed E-state index contributed by atoms with van der Waals surface area (Å²) < 4.78 is 2.18. The molecule has 2 aromatic heterocycles. The molecule has 0 aromatic carbocycles. The Morgan fingerprint density at radius 1 is 1.30 bits per heavy atom. The monoisotopic (exact) mass is 314 g/mol. The molecule has 4 rings (SSSR count). The number of piperidine rings is 1. The molecule has 0 radical (unpaired) electrons. The summed E-state index contributed by atoms with van der Waals surface area (Å²) in [6, 6.07) is 3.66. The van der Waals surface area contributed by atoms with Crippen LogP contribution in [-0.4, -0.2) is 37.8 Å². The molecular formula is C15H18N6O2. The van der Waals surface area contributed by atoms with Crippen LogP contribution in [0.25, 0.3) is 0 Å². The third kappa shape index (κ3) is 2.64. The number of aromatic nitrogens is 4. The van der Waals surface area contributed by atoms with Gasteiger partial charge in [-0.3, -0.25) is 10.1 Å². The van der Waals surface area contributed by atoms with Crippen LogP contribution in [0, 0.1) is 10.1 Å². The Kier molecular flexibility index (Phi) is 3.44. The second-order valence-electron chi connectivity index (χ2n) is 6.22. The molecule has 120 valence electrons. The molecule has 0 bridgehead atoms. The fourth-order valence-electron chi connectivity index (χ4n) is 3.33. The fraction of sp³-hybridized carbons (Fsp3) is 0.533. The van der Waals surface area contributed by atoms with Crippen LogP contribution in [0.2, 0.25) is 0 Å². The first-order chi connectivity index (χ1) is 11.2. The lowest BCUT2D eigenvalue weighted by Gasteiger charge is -2.32. The molecule has 0 N–H and O–H groups in total. The average molecular weight is 314 g/mol. The van der Waals surface area contributed by atoms with Gasteiger partial charge < -0.3 is 9.47 Å². The maximum Gasteiger partial charge on any atom is 0.311 e. The number of hydrogen-bond acceptors (Lipinski definition) is 6. The van der Waals surface area contributed by atoms with E-state index in [1.807, 2.05) is 11.2 Å². The molecule has 3 heterocycles.